The monoisotopic (exact) mass is 272 g/mol. The van der Waals surface area contributed by atoms with Gasteiger partial charge >= 0.3 is 0 Å². The molecule has 1 aromatic rings. The SMILES string of the molecule is CC(O)CN1CCN(Cc2ncc(Cl)n2C)CC1. The average molecular weight is 273 g/mol. The van der Waals surface area contributed by atoms with E-state index in [2.05, 4.69) is 14.8 Å². The van der Waals surface area contributed by atoms with Gasteiger partial charge in [-0.15, -0.1) is 0 Å². The standard InChI is InChI=1S/C12H21ClN4O/c1-10(18)8-16-3-5-17(6-4-16)9-12-14-7-11(13)15(12)2/h7,10,18H,3-6,8-9H2,1-2H3. The zero-order chi connectivity index (χ0) is 13.1. The number of aromatic nitrogens is 2. The Kier molecular flexibility index (Phi) is 4.61. The second-order valence-corrected chi connectivity index (χ2v) is 5.37. The molecule has 0 saturated carbocycles. The molecule has 0 radical (unpaired) electrons. The fraction of sp³-hybridized carbons (Fsp3) is 0.750. The molecule has 102 valence electrons. The fourth-order valence-corrected chi connectivity index (χ4v) is 2.42. The molecular formula is C12H21ClN4O. The van der Waals surface area contributed by atoms with Gasteiger partial charge in [-0.05, 0) is 6.92 Å². The number of rotatable bonds is 4. The third kappa shape index (κ3) is 3.45. The van der Waals surface area contributed by atoms with Crippen LogP contribution in [0.2, 0.25) is 5.15 Å². The Bertz CT molecular complexity index is 385. The number of β-amino-alcohol motifs (C(OH)–C–C–N with tert-alkyl or cyclic N) is 1. The summed E-state index contributed by atoms with van der Waals surface area (Å²) in [5.74, 6) is 1.00. The highest BCUT2D eigenvalue weighted by molar-refractivity contribution is 6.29. The zero-order valence-electron chi connectivity index (χ0n) is 11.0. The number of nitrogens with zero attached hydrogens (tertiary/aromatic N) is 4. The summed E-state index contributed by atoms with van der Waals surface area (Å²) in [5, 5.41) is 10.0. The van der Waals surface area contributed by atoms with Crippen LogP contribution in [-0.2, 0) is 13.6 Å². The predicted octanol–water partition coefficient (Wildman–Crippen LogP) is 0.572. The Morgan fingerprint density at radius 3 is 2.44 bits per heavy atom. The maximum atomic E-state index is 9.36. The van der Waals surface area contributed by atoms with Crippen molar-refractivity contribution in [2.75, 3.05) is 32.7 Å². The zero-order valence-corrected chi connectivity index (χ0v) is 11.8. The van der Waals surface area contributed by atoms with Crippen molar-refractivity contribution in [3.8, 4) is 0 Å². The second-order valence-electron chi connectivity index (χ2n) is 4.98. The van der Waals surface area contributed by atoms with Crippen LogP contribution in [0.5, 0.6) is 0 Å². The van der Waals surface area contributed by atoms with Crippen molar-refractivity contribution < 1.29 is 5.11 Å². The van der Waals surface area contributed by atoms with E-state index < -0.39 is 0 Å². The number of aliphatic hydroxyl groups is 1. The molecule has 0 spiro atoms. The molecular weight excluding hydrogens is 252 g/mol. The minimum atomic E-state index is -0.245. The van der Waals surface area contributed by atoms with Gasteiger partial charge < -0.3 is 9.67 Å². The lowest BCUT2D eigenvalue weighted by atomic mass is 10.2. The van der Waals surface area contributed by atoms with Crippen LogP contribution < -0.4 is 0 Å². The molecule has 2 heterocycles. The van der Waals surface area contributed by atoms with E-state index in [9.17, 15) is 5.11 Å². The molecule has 1 aliphatic rings. The Balaban J connectivity index is 1.82. The summed E-state index contributed by atoms with van der Waals surface area (Å²) in [7, 11) is 1.94. The summed E-state index contributed by atoms with van der Waals surface area (Å²) in [4.78, 5) is 8.98. The summed E-state index contributed by atoms with van der Waals surface area (Å²) in [6.45, 7) is 7.47. The molecule has 1 saturated heterocycles. The molecule has 1 aliphatic heterocycles. The van der Waals surface area contributed by atoms with E-state index in [-0.39, 0.29) is 6.10 Å². The molecule has 0 amide bonds. The Morgan fingerprint density at radius 2 is 1.94 bits per heavy atom. The van der Waals surface area contributed by atoms with E-state index in [0.29, 0.717) is 5.15 Å². The molecule has 0 aromatic carbocycles. The van der Waals surface area contributed by atoms with Crippen LogP contribution in [0.3, 0.4) is 0 Å². The van der Waals surface area contributed by atoms with Crippen molar-refractivity contribution >= 4 is 11.6 Å². The molecule has 1 unspecified atom stereocenters. The highest BCUT2D eigenvalue weighted by Gasteiger charge is 2.19. The van der Waals surface area contributed by atoms with Crippen LogP contribution in [-0.4, -0.2) is 63.3 Å². The summed E-state index contributed by atoms with van der Waals surface area (Å²) >= 11 is 5.97. The van der Waals surface area contributed by atoms with Crippen LogP contribution in [0.1, 0.15) is 12.7 Å². The van der Waals surface area contributed by atoms with Gasteiger partial charge in [-0.3, -0.25) is 9.80 Å². The van der Waals surface area contributed by atoms with Crippen LogP contribution >= 0.6 is 11.6 Å². The summed E-state index contributed by atoms with van der Waals surface area (Å²) in [6, 6.07) is 0. The largest absolute Gasteiger partial charge is 0.392 e. The van der Waals surface area contributed by atoms with Crippen molar-refractivity contribution in [2.24, 2.45) is 7.05 Å². The first-order valence-electron chi connectivity index (χ1n) is 6.35. The van der Waals surface area contributed by atoms with Gasteiger partial charge in [0.25, 0.3) is 0 Å². The van der Waals surface area contributed by atoms with Gasteiger partial charge in [0.2, 0.25) is 0 Å². The van der Waals surface area contributed by atoms with E-state index in [1.165, 1.54) is 0 Å². The number of halogens is 1. The van der Waals surface area contributed by atoms with Crippen molar-refractivity contribution in [1.82, 2.24) is 19.4 Å². The molecule has 1 N–H and O–H groups in total. The molecule has 1 aromatic heterocycles. The average Bonchev–Trinajstić information content (AvgIpc) is 2.63. The first kappa shape index (κ1) is 13.8. The topological polar surface area (TPSA) is 44.5 Å². The Hall–Kier alpha value is -0.620. The smallest absolute Gasteiger partial charge is 0.128 e. The number of hydrogen-bond acceptors (Lipinski definition) is 4. The van der Waals surface area contributed by atoms with Gasteiger partial charge in [0.15, 0.2) is 0 Å². The number of aliphatic hydroxyl groups excluding tert-OH is 1. The lowest BCUT2D eigenvalue weighted by Gasteiger charge is -2.34. The Morgan fingerprint density at radius 1 is 1.33 bits per heavy atom. The molecule has 5 nitrogen and oxygen atoms in total. The summed E-state index contributed by atoms with van der Waals surface area (Å²) in [6.07, 6.45) is 1.45. The number of piperazine rings is 1. The third-order valence-electron chi connectivity index (χ3n) is 3.38. The summed E-state index contributed by atoms with van der Waals surface area (Å²) in [5.41, 5.74) is 0. The minimum absolute atomic E-state index is 0.245. The van der Waals surface area contributed by atoms with Crippen LogP contribution in [0, 0.1) is 0 Å². The molecule has 0 bridgehead atoms. The lowest BCUT2D eigenvalue weighted by Crippen LogP contribution is -2.48. The molecule has 1 atom stereocenters. The van der Waals surface area contributed by atoms with E-state index in [0.717, 1.165) is 45.1 Å². The highest BCUT2D eigenvalue weighted by Crippen LogP contribution is 2.12. The molecule has 2 rings (SSSR count). The predicted molar refractivity (Wildman–Crippen MR) is 71.6 cm³/mol. The fourth-order valence-electron chi connectivity index (χ4n) is 2.27. The number of hydrogen-bond donors (Lipinski definition) is 1. The summed E-state index contributed by atoms with van der Waals surface area (Å²) < 4.78 is 1.92. The first-order chi connectivity index (χ1) is 8.56. The molecule has 18 heavy (non-hydrogen) atoms. The van der Waals surface area contributed by atoms with Crippen LogP contribution in [0.4, 0.5) is 0 Å². The van der Waals surface area contributed by atoms with Crippen LogP contribution in [0.25, 0.3) is 0 Å². The normalized spacial score (nSPS) is 20.2. The van der Waals surface area contributed by atoms with E-state index in [4.69, 9.17) is 11.6 Å². The molecule has 0 aliphatic carbocycles. The van der Waals surface area contributed by atoms with E-state index in [1.54, 1.807) is 6.20 Å². The van der Waals surface area contributed by atoms with Crippen molar-refractivity contribution in [2.45, 2.75) is 19.6 Å². The van der Waals surface area contributed by atoms with Gasteiger partial charge in [0, 0.05) is 39.8 Å². The quantitative estimate of drug-likeness (QED) is 0.871. The van der Waals surface area contributed by atoms with E-state index >= 15 is 0 Å². The second kappa shape index (κ2) is 6.02. The third-order valence-corrected chi connectivity index (χ3v) is 3.73. The van der Waals surface area contributed by atoms with Crippen molar-refractivity contribution in [1.29, 1.82) is 0 Å². The van der Waals surface area contributed by atoms with Crippen LogP contribution in [0.15, 0.2) is 6.20 Å². The molecule has 1 fully saturated rings. The van der Waals surface area contributed by atoms with Gasteiger partial charge in [0.05, 0.1) is 18.8 Å². The highest BCUT2D eigenvalue weighted by atomic mass is 35.5. The van der Waals surface area contributed by atoms with Gasteiger partial charge in [0.1, 0.15) is 11.0 Å². The Labute approximate surface area is 113 Å². The maximum absolute atomic E-state index is 9.36. The molecule has 6 heteroatoms. The maximum Gasteiger partial charge on any atom is 0.128 e. The number of imidazole rings is 1. The van der Waals surface area contributed by atoms with Crippen molar-refractivity contribution in [3.05, 3.63) is 17.2 Å². The van der Waals surface area contributed by atoms with Gasteiger partial charge in [-0.1, -0.05) is 11.6 Å². The van der Waals surface area contributed by atoms with Gasteiger partial charge in [-0.25, -0.2) is 4.98 Å². The minimum Gasteiger partial charge on any atom is -0.392 e. The van der Waals surface area contributed by atoms with E-state index in [1.807, 2.05) is 18.5 Å². The first-order valence-corrected chi connectivity index (χ1v) is 6.73. The van der Waals surface area contributed by atoms with Crippen molar-refractivity contribution in [3.63, 3.8) is 0 Å². The van der Waals surface area contributed by atoms with Gasteiger partial charge in [-0.2, -0.15) is 0 Å². The lowest BCUT2D eigenvalue weighted by molar-refractivity contribution is 0.0768.